The van der Waals surface area contributed by atoms with Gasteiger partial charge in [0.15, 0.2) is 0 Å². The number of fused-ring (bicyclic) bond motifs is 1. The van der Waals surface area contributed by atoms with E-state index in [2.05, 4.69) is 57.5 Å². The number of hydrogen-bond acceptors (Lipinski definition) is 4. The van der Waals surface area contributed by atoms with Crippen molar-refractivity contribution in [3.05, 3.63) is 17.5 Å². The molecular weight excluding hydrogens is 332 g/mol. The summed E-state index contributed by atoms with van der Waals surface area (Å²) < 4.78 is 0. The van der Waals surface area contributed by atoms with Crippen LogP contribution in [-0.2, 0) is 12.8 Å². The quantitative estimate of drug-likeness (QED) is 0.749. The van der Waals surface area contributed by atoms with Gasteiger partial charge in [0.05, 0.1) is 0 Å². The van der Waals surface area contributed by atoms with E-state index in [1.165, 1.54) is 36.9 Å². The number of piperazine rings is 1. The maximum absolute atomic E-state index is 4.99. The van der Waals surface area contributed by atoms with Gasteiger partial charge in [-0.15, -0.1) is 0 Å². The second-order valence-electron chi connectivity index (χ2n) is 10.0. The van der Waals surface area contributed by atoms with E-state index >= 15 is 0 Å². The first kappa shape index (κ1) is 20.6. The van der Waals surface area contributed by atoms with Crippen molar-refractivity contribution in [3.8, 4) is 0 Å². The third-order valence-corrected chi connectivity index (χ3v) is 7.24. The normalized spacial score (nSPS) is 23.8. The largest absolute Gasteiger partial charge is 0.338 e. The van der Waals surface area contributed by atoms with Gasteiger partial charge < -0.3 is 4.90 Å². The molecule has 2 heterocycles. The van der Waals surface area contributed by atoms with Gasteiger partial charge in [0.25, 0.3) is 0 Å². The molecule has 4 nitrogen and oxygen atoms in total. The average Bonchev–Trinajstić information content (AvgIpc) is 2.66. The Labute approximate surface area is 166 Å². The lowest BCUT2D eigenvalue weighted by atomic mass is 9.72. The maximum atomic E-state index is 4.99. The second-order valence-corrected chi connectivity index (χ2v) is 10.0. The molecule has 1 aromatic heterocycles. The van der Waals surface area contributed by atoms with Gasteiger partial charge in [-0.1, -0.05) is 41.0 Å². The number of rotatable bonds is 5. The molecule has 1 aliphatic carbocycles. The number of hydrogen-bond donors (Lipinski definition) is 0. The van der Waals surface area contributed by atoms with Crippen LogP contribution in [0.4, 0.5) is 5.95 Å². The van der Waals surface area contributed by atoms with Crippen molar-refractivity contribution in [2.45, 2.75) is 85.6 Å². The zero-order chi connectivity index (χ0) is 19.7. The third-order valence-electron chi connectivity index (χ3n) is 7.24. The van der Waals surface area contributed by atoms with E-state index in [0.717, 1.165) is 50.9 Å². The van der Waals surface area contributed by atoms with Crippen molar-refractivity contribution >= 4 is 5.95 Å². The minimum Gasteiger partial charge on any atom is -0.338 e. The van der Waals surface area contributed by atoms with E-state index in [-0.39, 0.29) is 0 Å². The Hall–Kier alpha value is -1.16. The smallest absolute Gasteiger partial charge is 0.225 e. The van der Waals surface area contributed by atoms with Gasteiger partial charge in [-0.05, 0) is 55.9 Å². The molecule has 2 unspecified atom stereocenters. The van der Waals surface area contributed by atoms with Crippen molar-refractivity contribution < 1.29 is 0 Å². The van der Waals surface area contributed by atoms with E-state index in [4.69, 9.17) is 9.97 Å². The fraction of sp³-hybridized carbons (Fsp3) is 0.826. The number of nitrogens with zero attached hydrogens (tertiary/aromatic N) is 4. The predicted octanol–water partition coefficient (Wildman–Crippen LogP) is 4.72. The van der Waals surface area contributed by atoms with Crippen LogP contribution < -0.4 is 4.90 Å². The van der Waals surface area contributed by atoms with E-state index in [0.29, 0.717) is 11.0 Å². The van der Waals surface area contributed by atoms with Gasteiger partial charge in [-0.2, -0.15) is 0 Å². The molecule has 0 saturated carbocycles. The Bertz CT molecular complexity index is 628. The van der Waals surface area contributed by atoms with Crippen LogP contribution in [0, 0.1) is 11.3 Å². The molecule has 27 heavy (non-hydrogen) atoms. The van der Waals surface area contributed by atoms with E-state index < -0.39 is 0 Å². The van der Waals surface area contributed by atoms with Crippen molar-refractivity contribution in [2.75, 3.05) is 31.1 Å². The minimum atomic E-state index is 0.347. The van der Waals surface area contributed by atoms with Gasteiger partial charge in [0.1, 0.15) is 0 Å². The van der Waals surface area contributed by atoms with Gasteiger partial charge in [-0.3, -0.25) is 4.90 Å². The van der Waals surface area contributed by atoms with Crippen molar-refractivity contribution in [3.63, 3.8) is 0 Å². The van der Waals surface area contributed by atoms with E-state index in [9.17, 15) is 0 Å². The average molecular weight is 373 g/mol. The molecule has 0 aromatic carbocycles. The van der Waals surface area contributed by atoms with Gasteiger partial charge in [0, 0.05) is 43.6 Å². The lowest BCUT2D eigenvalue weighted by Gasteiger charge is -2.46. The lowest BCUT2D eigenvalue weighted by molar-refractivity contribution is 0.0823. The van der Waals surface area contributed by atoms with Crippen LogP contribution in [0.1, 0.15) is 78.5 Å². The summed E-state index contributed by atoms with van der Waals surface area (Å²) in [4.78, 5) is 14.9. The highest BCUT2D eigenvalue weighted by molar-refractivity contribution is 5.35. The molecule has 4 heteroatoms. The standard InChI is InChI=1S/C23H40N4/c1-7-11-23(6,8-2)27-14-12-26(13-15-27)21-24-17-18-16-19(22(3,4)5)9-10-20(18)25-21/h17,19H,7-16H2,1-6H3. The molecular formula is C23H40N4. The highest BCUT2D eigenvalue weighted by atomic mass is 15.3. The first-order valence-corrected chi connectivity index (χ1v) is 11.1. The monoisotopic (exact) mass is 372 g/mol. The Morgan fingerprint density at radius 1 is 1.07 bits per heavy atom. The molecule has 1 aliphatic heterocycles. The molecule has 2 atom stereocenters. The van der Waals surface area contributed by atoms with Crippen LogP contribution in [0.5, 0.6) is 0 Å². The molecule has 2 aliphatic rings. The molecule has 3 rings (SSSR count). The summed E-state index contributed by atoms with van der Waals surface area (Å²) in [6.07, 6.45) is 9.39. The number of aryl methyl sites for hydroxylation is 1. The predicted molar refractivity (Wildman–Crippen MR) is 114 cm³/mol. The third kappa shape index (κ3) is 4.47. The van der Waals surface area contributed by atoms with Crippen molar-refractivity contribution in [2.24, 2.45) is 11.3 Å². The molecule has 0 bridgehead atoms. The molecule has 0 radical (unpaired) electrons. The van der Waals surface area contributed by atoms with Gasteiger partial charge in [-0.25, -0.2) is 9.97 Å². The summed E-state index contributed by atoms with van der Waals surface area (Å²) in [7, 11) is 0. The van der Waals surface area contributed by atoms with Crippen molar-refractivity contribution in [1.82, 2.24) is 14.9 Å². The van der Waals surface area contributed by atoms with Crippen LogP contribution in [0.2, 0.25) is 0 Å². The molecule has 0 N–H and O–H groups in total. The highest BCUT2D eigenvalue weighted by Gasteiger charge is 2.33. The zero-order valence-electron chi connectivity index (χ0n) is 18.5. The Kier molecular flexibility index (Phi) is 6.14. The molecule has 1 fully saturated rings. The first-order chi connectivity index (χ1) is 12.8. The highest BCUT2D eigenvalue weighted by Crippen LogP contribution is 2.37. The maximum Gasteiger partial charge on any atom is 0.225 e. The fourth-order valence-corrected chi connectivity index (χ4v) is 4.93. The Morgan fingerprint density at radius 2 is 1.78 bits per heavy atom. The first-order valence-electron chi connectivity index (χ1n) is 11.1. The van der Waals surface area contributed by atoms with E-state index in [1.807, 2.05) is 0 Å². The van der Waals surface area contributed by atoms with Crippen LogP contribution in [0.15, 0.2) is 6.20 Å². The van der Waals surface area contributed by atoms with Crippen molar-refractivity contribution in [1.29, 1.82) is 0 Å². The fourth-order valence-electron chi connectivity index (χ4n) is 4.93. The molecule has 0 amide bonds. The summed E-state index contributed by atoms with van der Waals surface area (Å²) in [6.45, 7) is 18.5. The zero-order valence-corrected chi connectivity index (χ0v) is 18.5. The molecule has 1 aromatic rings. The summed E-state index contributed by atoms with van der Waals surface area (Å²) in [5.41, 5.74) is 3.40. The molecule has 152 valence electrons. The van der Waals surface area contributed by atoms with Crippen LogP contribution in [-0.4, -0.2) is 46.6 Å². The van der Waals surface area contributed by atoms with Crippen LogP contribution >= 0.6 is 0 Å². The summed E-state index contributed by atoms with van der Waals surface area (Å²) in [5.74, 6) is 1.70. The van der Waals surface area contributed by atoms with Crippen LogP contribution in [0.3, 0.4) is 0 Å². The van der Waals surface area contributed by atoms with Gasteiger partial charge >= 0.3 is 0 Å². The van der Waals surface area contributed by atoms with Crippen LogP contribution in [0.25, 0.3) is 0 Å². The number of anilines is 1. The number of aromatic nitrogens is 2. The summed E-state index contributed by atoms with van der Waals surface area (Å²) in [5, 5.41) is 0. The lowest BCUT2D eigenvalue weighted by Crippen LogP contribution is -2.56. The minimum absolute atomic E-state index is 0.347. The Balaban J connectivity index is 1.65. The molecule has 0 spiro atoms. The Morgan fingerprint density at radius 3 is 2.37 bits per heavy atom. The summed E-state index contributed by atoms with van der Waals surface area (Å²) in [6, 6.07) is 0. The SMILES string of the molecule is CCCC(C)(CC)N1CCN(c2ncc3c(n2)CCC(C(C)(C)C)C3)CC1. The van der Waals surface area contributed by atoms with Gasteiger partial charge in [0.2, 0.25) is 5.95 Å². The summed E-state index contributed by atoms with van der Waals surface area (Å²) >= 11 is 0. The topological polar surface area (TPSA) is 32.3 Å². The molecule has 1 saturated heterocycles. The van der Waals surface area contributed by atoms with E-state index in [1.54, 1.807) is 0 Å². The second kappa shape index (κ2) is 8.06.